The molecule has 0 fully saturated rings. The van der Waals surface area contributed by atoms with Gasteiger partial charge < -0.3 is 0 Å². The number of rotatable bonds is 1. The van der Waals surface area contributed by atoms with E-state index in [4.69, 9.17) is 0 Å². The predicted octanol–water partition coefficient (Wildman–Crippen LogP) is 2.07. The van der Waals surface area contributed by atoms with Crippen LogP contribution in [0.1, 0.15) is 12.1 Å². The zero-order valence-electron chi connectivity index (χ0n) is 13.5. The molecule has 0 amide bonds. The third-order valence-corrected chi connectivity index (χ3v) is 6.32. The summed E-state index contributed by atoms with van der Waals surface area (Å²) in [5.74, 6) is 1.42. The summed E-state index contributed by atoms with van der Waals surface area (Å²) in [6, 6.07) is 9.01. The first-order valence-corrected chi connectivity index (χ1v) is 8.82. The van der Waals surface area contributed by atoms with Gasteiger partial charge in [0.25, 0.3) is 0 Å². The monoisotopic (exact) mass is 331 g/mol. The van der Waals surface area contributed by atoms with Gasteiger partial charge in [0.1, 0.15) is 0 Å². The molecule has 2 aliphatic carbocycles. The second-order valence-electron chi connectivity index (χ2n) is 7.37. The van der Waals surface area contributed by atoms with Crippen molar-refractivity contribution >= 4 is 0 Å². The minimum atomic E-state index is -0.239. The normalized spacial score (nSPS) is 35.8. The topological polar surface area (TPSA) is 48.9 Å². The van der Waals surface area contributed by atoms with E-state index in [0.29, 0.717) is 17.5 Å². The van der Waals surface area contributed by atoms with Crippen LogP contribution in [0.15, 0.2) is 76.4 Å². The van der Waals surface area contributed by atoms with Crippen LogP contribution in [0.4, 0.5) is 0 Å². The van der Waals surface area contributed by atoms with Crippen LogP contribution in [0.2, 0.25) is 0 Å². The summed E-state index contributed by atoms with van der Waals surface area (Å²) in [7, 11) is 0. The molecule has 4 aliphatic rings. The Kier molecular flexibility index (Phi) is 2.38. The lowest BCUT2D eigenvalue weighted by Crippen LogP contribution is -2.50. The Morgan fingerprint density at radius 2 is 1.08 bits per heavy atom. The van der Waals surface area contributed by atoms with Crippen LogP contribution < -0.4 is 11.4 Å². The molecule has 0 saturated heterocycles. The van der Waals surface area contributed by atoms with Crippen molar-refractivity contribution in [2.24, 2.45) is 23.7 Å². The second-order valence-corrected chi connectivity index (χ2v) is 7.37. The molecule has 0 N–H and O–H groups in total. The van der Waals surface area contributed by atoms with E-state index < -0.39 is 0 Å². The van der Waals surface area contributed by atoms with E-state index >= 15 is 0 Å². The minimum absolute atomic E-state index is 0.101. The zero-order chi connectivity index (χ0) is 16.7. The van der Waals surface area contributed by atoms with Gasteiger partial charge in [-0.1, -0.05) is 54.7 Å². The van der Waals surface area contributed by atoms with Gasteiger partial charge in [-0.2, -0.15) is 0 Å². The summed E-state index contributed by atoms with van der Waals surface area (Å²) in [6.45, 7) is 0. The van der Waals surface area contributed by atoms with Crippen molar-refractivity contribution in [3.05, 3.63) is 87.8 Å². The molecule has 5 nitrogen and oxygen atoms in total. The van der Waals surface area contributed by atoms with Gasteiger partial charge >= 0.3 is 11.4 Å². The standard InChI is InChI=1S/C20H17N3O2/c24-19-21(12-4-2-1-3-5-12)20(25)23-18-11-10-17(22(19)23)15-8-9-16(18)14-7-6-13(14)15/h1-11,13-18H/t13-,14-,15+,16+,17-,18-/m0/s1. The Bertz CT molecular complexity index is 1020. The molecule has 5 heteroatoms. The fraction of sp³-hybridized carbons (Fsp3) is 0.300. The van der Waals surface area contributed by atoms with Gasteiger partial charge in [0.2, 0.25) is 0 Å². The molecule has 25 heavy (non-hydrogen) atoms. The molecule has 4 bridgehead atoms. The molecule has 3 heterocycles. The van der Waals surface area contributed by atoms with Crippen LogP contribution in [0.3, 0.4) is 0 Å². The SMILES string of the molecule is O=c1n(-c2ccccc2)c(=O)n2n1[C@H]1C=C[C@H]2[C@@H]2C=C[C@@H]1[C@H]1C=C[C@@H]12. The lowest BCUT2D eigenvalue weighted by atomic mass is 9.59. The lowest BCUT2D eigenvalue weighted by Gasteiger charge is -2.50. The van der Waals surface area contributed by atoms with E-state index in [1.54, 1.807) is 9.36 Å². The molecule has 0 saturated carbocycles. The van der Waals surface area contributed by atoms with Gasteiger partial charge in [0, 0.05) is 11.8 Å². The number of allylic oxidation sites excluding steroid dienone is 6. The van der Waals surface area contributed by atoms with Crippen molar-refractivity contribution in [1.82, 2.24) is 13.9 Å². The van der Waals surface area contributed by atoms with Crippen LogP contribution in [-0.2, 0) is 0 Å². The zero-order valence-corrected chi connectivity index (χ0v) is 13.5. The van der Waals surface area contributed by atoms with Crippen LogP contribution in [-0.4, -0.2) is 13.9 Å². The van der Waals surface area contributed by atoms with Crippen molar-refractivity contribution in [2.45, 2.75) is 12.1 Å². The molecule has 1 aromatic carbocycles. The summed E-state index contributed by atoms with van der Waals surface area (Å²) in [5, 5.41) is 0. The first-order chi connectivity index (χ1) is 12.3. The van der Waals surface area contributed by atoms with Gasteiger partial charge in [-0.05, 0) is 24.0 Å². The summed E-state index contributed by atoms with van der Waals surface area (Å²) in [5.41, 5.74) is 0.151. The molecule has 2 aromatic rings. The highest BCUT2D eigenvalue weighted by Gasteiger charge is 2.49. The molecule has 0 spiro atoms. The smallest absolute Gasteiger partial charge is 0.245 e. The van der Waals surface area contributed by atoms with E-state index in [1.807, 2.05) is 30.3 Å². The number of benzene rings is 1. The first-order valence-electron chi connectivity index (χ1n) is 8.82. The molecule has 1 aromatic heterocycles. The van der Waals surface area contributed by atoms with Gasteiger partial charge in [-0.25, -0.2) is 23.5 Å². The minimum Gasteiger partial charge on any atom is -0.245 e. The number of hydrogen-bond acceptors (Lipinski definition) is 2. The maximum Gasteiger partial charge on any atom is 0.352 e. The fourth-order valence-electron chi connectivity index (χ4n) is 5.12. The van der Waals surface area contributed by atoms with Crippen molar-refractivity contribution < 1.29 is 0 Å². The molecular formula is C20H17N3O2. The van der Waals surface area contributed by atoms with Crippen LogP contribution >= 0.6 is 0 Å². The van der Waals surface area contributed by atoms with Crippen molar-refractivity contribution in [2.75, 3.05) is 0 Å². The highest BCUT2D eigenvalue weighted by molar-refractivity contribution is 5.33. The Balaban J connectivity index is 1.66. The predicted molar refractivity (Wildman–Crippen MR) is 93.7 cm³/mol. The molecule has 2 aliphatic heterocycles. The van der Waals surface area contributed by atoms with Gasteiger partial charge in [-0.15, -0.1) is 0 Å². The van der Waals surface area contributed by atoms with E-state index in [2.05, 4.69) is 36.5 Å². The van der Waals surface area contributed by atoms with Gasteiger partial charge in [0.15, 0.2) is 0 Å². The average Bonchev–Trinajstić information content (AvgIpc) is 2.85. The van der Waals surface area contributed by atoms with Crippen molar-refractivity contribution in [3.63, 3.8) is 0 Å². The third kappa shape index (κ3) is 1.50. The lowest BCUT2D eigenvalue weighted by molar-refractivity contribution is 0.118. The maximum atomic E-state index is 13.2. The quantitative estimate of drug-likeness (QED) is 0.751. The largest absolute Gasteiger partial charge is 0.352 e. The molecule has 124 valence electrons. The molecule has 6 rings (SSSR count). The highest BCUT2D eigenvalue weighted by Crippen LogP contribution is 2.53. The fourth-order valence-corrected chi connectivity index (χ4v) is 5.12. The number of nitrogens with zero attached hydrogens (tertiary/aromatic N) is 3. The second kappa shape index (κ2) is 4.42. The number of hydrogen-bond donors (Lipinski definition) is 0. The van der Waals surface area contributed by atoms with E-state index in [-0.39, 0.29) is 35.3 Å². The highest BCUT2D eigenvalue weighted by atomic mass is 16.2. The van der Waals surface area contributed by atoms with Gasteiger partial charge in [-0.3, -0.25) is 0 Å². The summed E-state index contributed by atoms with van der Waals surface area (Å²) >= 11 is 0. The van der Waals surface area contributed by atoms with E-state index in [9.17, 15) is 9.59 Å². The number of fused-ring (bicyclic) bond motifs is 2. The maximum absolute atomic E-state index is 13.2. The van der Waals surface area contributed by atoms with Crippen LogP contribution in [0, 0.1) is 23.7 Å². The average molecular weight is 331 g/mol. The van der Waals surface area contributed by atoms with Crippen LogP contribution in [0.5, 0.6) is 0 Å². The van der Waals surface area contributed by atoms with E-state index in [0.717, 1.165) is 0 Å². The first kappa shape index (κ1) is 13.5. The Hall–Kier alpha value is -2.82. The Labute approximate surface area is 143 Å². The number of para-hydroxylation sites is 1. The van der Waals surface area contributed by atoms with E-state index in [1.165, 1.54) is 4.57 Å². The Morgan fingerprint density at radius 1 is 0.600 bits per heavy atom. The molecular weight excluding hydrogens is 314 g/mol. The van der Waals surface area contributed by atoms with Crippen molar-refractivity contribution in [3.8, 4) is 5.69 Å². The van der Waals surface area contributed by atoms with Crippen molar-refractivity contribution in [1.29, 1.82) is 0 Å². The Morgan fingerprint density at radius 3 is 1.56 bits per heavy atom. The third-order valence-electron chi connectivity index (χ3n) is 6.32. The van der Waals surface area contributed by atoms with Crippen LogP contribution in [0.25, 0.3) is 5.69 Å². The molecule has 0 unspecified atom stereocenters. The molecule has 6 atom stereocenters. The summed E-state index contributed by atoms with van der Waals surface area (Å²) in [4.78, 5) is 26.4. The molecule has 0 radical (unpaired) electrons. The summed E-state index contributed by atoms with van der Waals surface area (Å²) < 4.78 is 4.71. The van der Waals surface area contributed by atoms with Gasteiger partial charge in [0.05, 0.1) is 17.8 Å². The number of aromatic nitrogens is 3. The summed E-state index contributed by atoms with van der Waals surface area (Å²) in [6.07, 6.45) is 13.3.